The van der Waals surface area contributed by atoms with Crippen LogP contribution in [0.2, 0.25) is 5.28 Å². The van der Waals surface area contributed by atoms with Crippen LogP contribution >= 0.6 is 11.6 Å². The van der Waals surface area contributed by atoms with Crippen LogP contribution in [-0.2, 0) is 0 Å². The number of ether oxygens (including phenoxy) is 1. The smallest absolute Gasteiger partial charge is 0.322 e. The van der Waals surface area contributed by atoms with Crippen molar-refractivity contribution in [2.45, 2.75) is 39.8 Å². The maximum atomic E-state index is 5.85. The lowest BCUT2D eigenvalue weighted by atomic mass is 10.3. The van der Waals surface area contributed by atoms with Gasteiger partial charge in [-0.05, 0) is 39.3 Å². The van der Waals surface area contributed by atoms with Gasteiger partial charge in [-0.15, -0.1) is 0 Å². The Morgan fingerprint density at radius 3 is 2.60 bits per heavy atom. The largest absolute Gasteiger partial charge is 0.461 e. The van der Waals surface area contributed by atoms with E-state index >= 15 is 0 Å². The van der Waals surface area contributed by atoms with Gasteiger partial charge in [0.25, 0.3) is 0 Å². The van der Waals surface area contributed by atoms with E-state index in [1.54, 1.807) is 6.20 Å². The lowest BCUT2D eigenvalue weighted by Crippen LogP contribution is -2.13. The summed E-state index contributed by atoms with van der Waals surface area (Å²) in [7, 11) is 0. The number of nitrogens with one attached hydrogen (secondary N) is 1. The quantitative estimate of drug-likeness (QED) is 0.908. The standard InChI is InChI=1S/C12H16ClN5O2/c1-6(2)19-12-17-10(13)16-11(18-12)15-8(4)9-14-5-7(3)20-9/h5-6,8H,1-4H3,(H,15,16,17,18). The van der Waals surface area contributed by atoms with Gasteiger partial charge in [-0.25, -0.2) is 4.98 Å². The molecule has 2 rings (SSSR count). The molecule has 0 fully saturated rings. The van der Waals surface area contributed by atoms with E-state index in [9.17, 15) is 0 Å². The van der Waals surface area contributed by atoms with Crippen LogP contribution in [0.4, 0.5) is 5.95 Å². The van der Waals surface area contributed by atoms with Crippen molar-refractivity contribution >= 4 is 17.5 Å². The molecule has 0 saturated carbocycles. The number of aromatic nitrogens is 4. The summed E-state index contributed by atoms with van der Waals surface area (Å²) >= 11 is 5.85. The van der Waals surface area contributed by atoms with Gasteiger partial charge in [0.1, 0.15) is 11.8 Å². The molecule has 1 N–H and O–H groups in total. The molecule has 20 heavy (non-hydrogen) atoms. The van der Waals surface area contributed by atoms with Crippen LogP contribution in [0.1, 0.15) is 38.5 Å². The van der Waals surface area contributed by atoms with Gasteiger partial charge in [-0.2, -0.15) is 15.0 Å². The van der Waals surface area contributed by atoms with Crippen molar-refractivity contribution in [2.24, 2.45) is 0 Å². The Kier molecular flexibility index (Phi) is 4.39. The third-order valence-corrected chi connectivity index (χ3v) is 2.45. The highest BCUT2D eigenvalue weighted by molar-refractivity contribution is 6.28. The lowest BCUT2D eigenvalue weighted by Gasteiger charge is -2.12. The van der Waals surface area contributed by atoms with Crippen molar-refractivity contribution in [3.8, 4) is 6.01 Å². The molecule has 7 nitrogen and oxygen atoms in total. The summed E-state index contributed by atoms with van der Waals surface area (Å²) in [5.74, 6) is 1.60. The van der Waals surface area contributed by atoms with Crippen molar-refractivity contribution in [1.29, 1.82) is 0 Å². The number of hydrogen-bond acceptors (Lipinski definition) is 7. The van der Waals surface area contributed by atoms with Gasteiger partial charge in [0, 0.05) is 0 Å². The highest BCUT2D eigenvalue weighted by Crippen LogP contribution is 2.19. The predicted octanol–water partition coefficient (Wildman–Crippen LogP) is 2.78. The van der Waals surface area contributed by atoms with Crippen LogP contribution in [0.3, 0.4) is 0 Å². The Morgan fingerprint density at radius 2 is 2.00 bits per heavy atom. The Balaban J connectivity index is 2.14. The molecule has 2 aromatic heterocycles. The number of nitrogens with zero attached hydrogens (tertiary/aromatic N) is 4. The van der Waals surface area contributed by atoms with Gasteiger partial charge in [-0.1, -0.05) is 0 Å². The zero-order chi connectivity index (χ0) is 14.7. The summed E-state index contributed by atoms with van der Waals surface area (Å²) in [6.45, 7) is 7.47. The molecule has 2 heterocycles. The topological polar surface area (TPSA) is 86.0 Å². The van der Waals surface area contributed by atoms with E-state index in [1.165, 1.54) is 0 Å². The summed E-state index contributed by atoms with van der Waals surface area (Å²) in [5, 5.41) is 3.11. The molecule has 0 aromatic carbocycles. The van der Waals surface area contributed by atoms with E-state index in [1.807, 2.05) is 27.7 Å². The molecular weight excluding hydrogens is 282 g/mol. The first kappa shape index (κ1) is 14.5. The van der Waals surface area contributed by atoms with E-state index in [2.05, 4.69) is 25.3 Å². The maximum Gasteiger partial charge on any atom is 0.322 e. The molecule has 0 spiro atoms. The summed E-state index contributed by atoms with van der Waals surface area (Å²) in [6.07, 6.45) is 1.61. The highest BCUT2D eigenvalue weighted by atomic mass is 35.5. The second-order valence-corrected chi connectivity index (χ2v) is 4.89. The Hall–Kier alpha value is -1.89. The fourth-order valence-electron chi connectivity index (χ4n) is 1.49. The molecular formula is C12H16ClN5O2. The minimum Gasteiger partial charge on any atom is -0.461 e. The van der Waals surface area contributed by atoms with Crippen LogP contribution in [0.15, 0.2) is 10.6 Å². The van der Waals surface area contributed by atoms with Crippen molar-refractivity contribution in [3.05, 3.63) is 23.1 Å². The fourth-order valence-corrected chi connectivity index (χ4v) is 1.64. The number of hydrogen-bond donors (Lipinski definition) is 1. The van der Waals surface area contributed by atoms with Gasteiger partial charge < -0.3 is 14.5 Å². The summed E-state index contributed by atoms with van der Waals surface area (Å²) in [4.78, 5) is 16.2. The highest BCUT2D eigenvalue weighted by Gasteiger charge is 2.14. The SMILES string of the molecule is Cc1cnc(C(C)Nc2nc(Cl)nc(OC(C)C)n2)o1. The van der Waals surface area contributed by atoms with Gasteiger partial charge in [-0.3, -0.25) is 0 Å². The molecule has 108 valence electrons. The molecule has 0 radical (unpaired) electrons. The van der Waals surface area contributed by atoms with Crippen LogP contribution in [-0.4, -0.2) is 26.0 Å². The Bertz CT molecular complexity index is 587. The van der Waals surface area contributed by atoms with Gasteiger partial charge >= 0.3 is 6.01 Å². The van der Waals surface area contributed by atoms with Crippen molar-refractivity contribution < 1.29 is 9.15 Å². The number of oxazole rings is 1. The third-order valence-electron chi connectivity index (χ3n) is 2.28. The van der Waals surface area contributed by atoms with E-state index < -0.39 is 0 Å². The fraction of sp³-hybridized carbons (Fsp3) is 0.500. The van der Waals surface area contributed by atoms with E-state index in [-0.39, 0.29) is 23.4 Å². The second-order valence-electron chi connectivity index (χ2n) is 4.55. The van der Waals surface area contributed by atoms with E-state index in [0.717, 1.165) is 5.76 Å². The molecule has 8 heteroatoms. The molecule has 0 aliphatic carbocycles. The number of aryl methyl sites for hydroxylation is 1. The molecule has 0 aliphatic rings. The van der Waals surface area contributed by atoms with E-state index in [4.69, 9.17) is 20.8 Å². The van der Waals surface area contributed by atoms with Crippen LogP contribution in [0.5, 0.6) is 6.01 Å². The minimum atomic E-state index is -0.200. The summed E-state index contributed by atoms with van der Waals surface area (Å²) in [5.41, 5.74) is 0. The molecule has 1 atom stereocenters. The first-order chi connectivity index (χ1) is 9.44. The summed E-state index contributed by atoms with van der Waals surface area (Å²) in [6, 6.07) is -0.0210. The first-order valence-corrected chi connectivity index (χ1v) is 6.59. The average molecular weight is 298 g/mol. The van der Waals surface area contributed by atoms with Crippen molar-refractivity contribution in [1.82, 2.24) is 19.9 Å². The van der Waals surface area contributed by atoms with Crippen molar-refractivity contribution in [2.75, 3.05) is 5.32 Å². The second kappa shape index (κ2) is 6.04. The molecule has 1 unspecified atom stereocenters. The lowest BCUT2D eigenvalue weighted by molar-refractivity contribution is 0.222. The van der Waals surface area contributed by atoms with Crippen LogP contribution in [0.25, 0.3) is 0 Å². The Morgan fingerprint density at radius 1 is 1.25 bits per heavy atom. The zero-order valence-electron chi connectivity index (χ0n) is 11.7. The van der Waals surface area contributed by atoms with Crippen LogP contribution < -0.4 is 10.1 Å². The van der Waals surface area contributed by atoms with Crippen LogP contribution in [0, 0.1) is 6.92 Å². The molecule has 2 aromatic rings. The first-order valence-electron chi connectivity index (χ1n) is 6.21. The normalized spacial score (nSPS) is 12.5. The van der Waals surface area contributed by atoms with E-state index in [0.29, 0.717) is 11.8 Å². The summed E-state index contributed by atoms with van der Waals surface area (Å²) < 4.78 is 10.8. The average Bonchev–Trinajstić information content (AvgIpc) is 2.74. The molecule has 0 saturated heterocycles. The monoisotopic (exact) mass is 297 g/mol. The zero-order valence-corrected chi connectivity index (χ0v) is 12.5. The molecule has 0 aliphatic heterocycles. The van der Waals surface area contributed by atoms with Crippen molar-refractivity contribution in [3.63, 3.8) is 0 Å². The van der Waals surface area contributed by atoms with Gasteiger partial charge in [0.05, 0.1) is 12.3 Å². The minimum absolute atomic E-state index is 0.0480. The Labute approximate surface area is 121 Å². The number of rotatable bonds is 5. The van der Waals surface area contributed by atoms with Gasteiger partial charge in [0.2, 0.25) is 17.1 Å². The number of anilines is 1. The maximum absolute atomic E-state index is 5.85. The number of halogens is 1. The molecule has 0 amide bonds. The molecule has 0 bridgehead atoms. The third kappa shape index (κ3) is 3.80. The predicted molar refractivity (Wildman–Crippen MR) is 73.9 cm³/mol. The van der Waals surface area contributed by atoms with Gasteiger partial charge in [0.15, 0.2) is 0 Å².